The Morgan fingerprint density at radius 2 is 2.19 bits per heavy atom. The zero-order valence-corrected chi connectivity index (χ0v) is 14.3. The lowest BCUT2D eigenvalue weighted by molar-refractivity contribution is -0.120. The number of nitrogens with zero attached hydrogens (tertiary/aromatic N) is 1. The molecular formula is C15H24N2O2S2. The second-order valence-corrected chi connectivity index (χ2v) is 8.00. The van der Waals surface area contributed by atoms with Gasteiger partial charge in [-0.3, -0.25) is 4.79 Å². The molecule has 0 unspecified atom stereocenters. The van der Waals surface area contributed by atoms with Crippen molar-refractivity contribution in [2.75, 3.05) is 18.9 Å². The number of aliphatic hydroxyl groups excluding tert-OH is 1. The number of hydrogen-bond acceptors (Lipinski definition) is 5. The molecule has 1 rings (SSSR count). The Morgan fingerprint density at radius 3 is 2.86 bits per heavy atom. The van der Waals surface area contributed by atoms with Crippen molar-refractivity contribution in [3.05, 3.63) is 24.4 Å². The molecule has 0 aliphatic heterocycles. The van der Waals surface area contributed by atoms with Crippen LogP contribution in [-0.4, -0.2) is 34.9 Å². The van der Waals surface area contributed by atoms with Crippen LogP contribution in [0, 0.1) is 5.41 Å². The summed E-state index contributed by atoms with van der Waals surface area (Å²) in [7, 11) is 3.24. The van der Waals surface area contributed by atoms with E-state index in [0.29, 0.717) is 13.0 Å². The highest BCUT2D eigenvalue weighted by Crippen LogP contribution is 2.29. The lowest BCUT2D eigenvalue weighted by atomic mass is 9.86. The van der Waals surface area contributed by atoms with Crippen molar-refractivity contribution in [1.82, 2.24) is 10.3 Å². The van der Waals surface area contributed by atoms with Gasteiger partial charge in [0.05, 0.1) is 0 Å². The van der Waals surface area contributed by atoms with E-state index < -0.39 is 0 Å². The number of carbonyl (C=O) groups excluding carboxylic acids is 1. The van der Waals surface area contributed by atoms with Gasteiger partial charge in [-0.15, -0.1) is 0 Å². The first-order valence-electron chi connectivity index (χ1n) is 7.11. The summed E-state index contributed by atoms with van der Waals surface area (Å²) < 4.78 is 0. The van der Waals surface area contributed by atoms with E-state index >= 15 is 0 Å². The molecule has 4 nitrogen and oxygen atoms in total. The number of rotatable bonds is 10. The molecule has 0 bridgehead atoms. The van der Waals surface area contributed by atoms with Gasteiger partial charge in [0, 0.05) is 31.5 Å². The van der Waals surface area contributed by atoms with Crippen LogP contribution in [0.1, 0.15) is 33.1 Å². The summed E-state index contributed by atoms with van der Waals surface area (Å²) in [6.07, 6.45) is 3.93. The highest BCUT2D eigenvalue weighted by molar-refractivity contribution is 8.76. The molecule has 0 aromatic carbocycles. The van der Waals surface area contributed by atoms with E-state index in [-0.39, 0.29) is 17.9 Å². The van der Waals surface area contributed by atoms with Crippen molar-refractivity contribution in [2.24, 2.45) is 5.41 Å². The molecule has 6 heteroatoms. The lowest BCUT2D eigenvalue weighted by Gasteiger charge is -2.23. The van der Waals surface area contributed by atoms with Crippen LogP contribution in [0.3, 0.4) is 0 Å². The Balaban J connectivity index is 2.06. The van der Waals surface area contributed by atoms with E-state index in [1.165, 1.54) is 0 Å². The van der Waals surface area contributed by atoms with E-state index in [1.54, 1.807) is 27.8 Å². The predicted octanol–water partition coefficient (Wildman–Crippen LogP) is 3.13. The zero-order valence-electron chi connectivity index (χ0n) is 12.7. The average Bonchev–Trinajstić information content (AvgIpc) is 2.44. The summed E-state index contributed by atoms with van der Waals surface area (Å²) in [6.45, 7) is 5.08. The summed E-state index contributed by atoms with van der Waals surface area (Å²) in [5.74, 6) is 0.858. The van der Waals surface area contributed by atoms with Crippen LogP contribution in [0.4, 0.5) is 0 Å². The van der Waals surface area contributed by atoms with Gasteiger partial charge in [-0.1, -0.05) is 30.7 Å². The van der Waals surface area contributed by atoms with Crippen LogP contribution in [-0.2, 0) is 4.79 Å². The molecule has 1 aromatic heterocycles. The van der Waals surface area contributed by atoms with E-state index in [4.69, 9.17) is 5.11 Å². The van der Waals surface area contributed by atoms with Crippen molar-refractivity contribution in [3.63, 3.8) is 0 Å². The third-order valence-corrected chi connectivity index (χ3v) is 5.37. The summed E-state index contributed by atoms with van der Waals surface area (Å²) in [4.78, 5) is 15.9. The maximum Gasteiger partial charge on any atom is 0.220 e. The van der Waals surface area contributed by atoms with Crippen LogP contribution in [0.5, 0.6) is 0 Å². The molecule has 0 spiro atoms. The maximum absolute atomic E-state index is 11.7. The van der Waals surface area contributed by atoms with Gasteiger partial charge in [0.25, 0.3) is 0 Å². The Labute approximate surface area is 134 Å². The summed E-state index contributed by atoms with van der Waals surface area (Å²) >= 11 is 0. The maximum atomic E-state index is 11.7. The smallest absolute Gasteiger partial charge is 0.220 e. The third-order valence-electron chi connectivity index (χ3n) is 3.11. The first-order valence-corrected chi connectivity index (χ1v) is 9.43. The standard InChI is InChI=1S/C15H24N2O2S2/c1-15(2,8-11-18)7-10-16-13(19)6-12-20-21-14-5-3-4-9-17-14/h3-5,9,18H,6-8,10-12H2,1-2H3,(H,16,19). The molecule has 0 saturated heterocycles. The molecule has 21 heavy (non-hydrogen) atoms. The minimum atomic E-state index is 0.0750. The molecule has 0 aliphatic carbocycles. The highest BCUT2D eigenvalue weighted by atomic mass is 33.1. The minimum absolute atomic E-state index is 0.0750. The van der Waals surface area contributed by atoms with Gasteiger partial charge in [-0.2, -0.15) is 0 Å². The molecule has 118 valence electrons. The Hall–Kier alpha value is -0.720. The number of aliphatic hydroxyl groups is 1. The minimum Gasteiger partial charge on any atom is -0.396 e. The predicted molar refractivity (Wildman–Crippen MR) is 90.3 cm³/mol. The largest absolute Gasteiger partial charge is 0.396 e. The Kier molecular flexibility index (Phi) is 8.80. The van der Waals surface area contributed by atoms with Gasteiger partial charge in [-0.05, 0) is 41.2 Å². The molecule has 2 N–H and O–H groups in total. The third kappa shape index (κ3) is 9.01. The van der Waals surface area contributed by atoms with E-state index in [0.717, 1.165) is 23.6 Å². The lowest BCUT2D eigenvalue weighted by Crippen LogP contribution is -2.28. The SMILES string of the molecule is CC(C)(CCO)CCNC(=O)CCSSc1ccccn1. The molecular weight excluding hydrogens is 304 g/mol. The summed E-state index contributed by atoms with van der Waals surface area (Å²) in [5.41, 5.74) is 0.0750. The number of nitrogens with one attached hydrogen (secondary N) is 1. The normalized spacial score (nSPS) is 11.4. The fourth-order valence-electron chi connectivity index (χ4n) is 1.69. The van der Waals surface area contributed by atoms with Crippen LogP contribution < -0.4 is 5.32 Å². The summed E-state index contributed by atoms with van der Waals surface area (Å²) in [6, 6.07) is 5.80. The first kappa shape index (κ1) is 18.3. The van der Waals surface area contributed by atoms with Gasteiger partial charge in [0.15, 0.2) is 0 Å². The van der Waals surface area contributed by atoms with Crippen LogP contribution in [0.25, 0.3) is 0 Å². The zero-order chi connectivity index (χ0) is 15.6. The van der Waals surface area contributed by atoms with E-state index in [1.807, 2.05) is 18.2 Å². The molecule has 0 saturated carbocycles. The molecule has 1 heterocycles. The van der Waals surface area contributed by atoms with E-state index in [2.05, 4.69) is 24.1 Å². The van der Waals surface area contributed by atoms with Crippen molar-refractivity contribution in [1.29, 1.82) is 0 Å². The fraction of sp³-hybridized carbons (Fsp3) is 0.600. The quantitative estimate of drug-likeness (QED) is 0.510. The first-order chi connectivity index (χ1) is 10.0. The highest BCUT2D eigenvalue weighted by Gasteiger charge is 2.16. The Morgan fingerprint density at radius 1 is 1.38 bits per heavy atom. The molecule has 0 atom stereocenters. The second-order valence-electron chi connectivity index (χ2n) is 5.56. The van der Waals surface area contributed by atoms with Crippen LogP contribution in [0.15, 0.2) is 29.4 Å². The van der Waals surface area contributed by atoms with Gasteiger partial charge in [0.1, 0.15) is 5.03 Å². The van der Waals surface area contributed by atoms with Crippen LogP contribution >= 0.6 is 21.6 Å². The van der Waals surface area contributed by atoms with Gasteiger partial charge >= 0.3 is 0 Å². The average molecular weight is 329 g/mol. The molecule has 0 fully saturated rings. The van der Waals surface area contributed by atoms with Crippen molar-refractivity contribution in [2.45, 2.75) is 38.1 Å². The summed E-state index contributed by atoms with van der Waals surface area (Å²) in [5, 5.41) is 12.9. The molecule has 0 radical (unpaired) electrons. The number of amides is 1. The monoisotopic (exact) mass is 328 g/mol. The Bertz CT molecular complexity index is 413. The number of carbonyl (C=O) groups is 1. The van der Waals surface area contributed by atoms with Gasteiger partial charge in [-0.25, -0.2) is 4.98 Å². The number of aromatic nitrogens is 1. The van der Waals surface area contributed by atoms with Crippen LogP contribution in [0.2, 0.25) is 0 Å². The molecule has 1 amide bonds. The van der Waals surface area contributed by atoms with Crippen molar-refractivity contribution < 1.29 is 9.90 Å². The van der Waals surface area contributed by atoms with Gasteiger partial charge in [0.2, 0.25) is 5.91 Å². The van der Waals surface area contributed by atoms with Crippen molar-refractivity contribution in [3.8, 4) is 0 Å². The van der Waals surface area contributed by atoms with Gasteiger partial charge < -0.3 is 10.4 Å². The number of pyridine rings is 1. The molecule has 1 aromatic rings. The number of hydrogen-bond donors (Lipinski definition) is 2. The van der Waals surface area contributed by atoms with Crippen molar-refractivity contribution >= 4 is 27.5 Å². The second kappa shape index (κ2) is 10.1. The molecule has 0 aliphatic rings. The fourth-order valence-corrected chi connectivity index (χ4v) is 3.56. The topological polar surface area (TPSA) is 62.2 Å². The van der Waals surface area contributed by atoms with E-state index in [9.17, 15) is 4.79 Å².